The van der Waals surface area contributed by atoms with Crippen molar-refractivity contribution in [3.63, 3.8) is 0 Å². The Kier molecular flexibility index (Phi) is 7.33. The molecular formula is C24H36N2O3. The van der Waals surface area contributed by atoms with Crippen LogP contribution in [0.5, 0.6) is 0 Å². The molecule has 0 bridgehead atoms. The molecule has 160 valence electrons. The normalized spacial score (nSPS) is 27.8. The van der Waals surface area contributed by atoms with Crippen molar-refractivity contribution in [1.29, 1.82) is 0 Å². The highest BCUT2D eigenvalue weighted by Crippen LogP contribution is 2.38. The number of amides is 2. The molecule has 1 aromatic rings. The van der Waals surface area contributed by atoms with E-state index in [1.807, 2.05) is 35.2 Å². The monoisotopic (exact) mass is 400 g/mol. The molecule has 2 amide bonds. The SMILES string of the molecule is CCCCCC(=O)N1CC[C@@](C)(O)[C@@H](NC(=O)C2CCCC2)[C@@H]1c1ccccc1. The predicted molar refractivity (Wildman–Crippen MR) is 114 cm³/mol. The maximum absolute atomic E-state index is 13.1. The number of hydrogen-bond donors (Lipinski definition) is 2. The Balaban J connectivity index is 1.87. The summed E-state index contributed by atoms with van der Waals surface area (Å²) < 4.78 is 0. The zero-order valence-electron chi connectivity index (χ0n) is 17.9. The predicted octanol–water partition coefficient (Wildman–Crippen LogP) is 3.97. The number of carbonyl (C=O) groups excluding carboxylic acids is 2. The largest absolute Gasteiger partial charge is 0.388 e. The summed E-state index contributed by atoms with van der Waals surface area (Å²) in [5.41, 5.74) is -0.0948. The summed E-state index contributed by atoms with van der Waals surface area (Å²) in [6.45, 7) is 4.43. The number of rotatable bonds is 7. The van der Waals surface area contributed by atoms with E-state index >= 15 is 0 Å². The van der Waals surface area contributed by atoms with Crippen molar-refractivity contribution in [2.45, 2.75) is 89.3 Å². The number of unbranched alkanes of at least 4 members (excludes halogenated alkanes) is 2. The number of piperidine rings is 1. The second kappa shape index (κ2) is 9.75. The van der Waals surface area contributed by atoms with Crippen LogP contribution in [0.1, 0.15) is 83.2 Å². The average molecular weight is 401 g/mol. The molecule has 1 saturated heterocycles. The molecule has 1 aliphatic heterocycles. The van der Waals surface area contributed by atoms with Gasteiger partial charge in [-0.05, 0) is 38.2 Å². The first-order valence-corrected chi connectivity index (χ1v) is 11.3. The highest BCUT2D eigenvalue weighted by atomic mass is 16.3. The van der Waals surface area contributed by atoms with Crippen LogP contribution in [0.2, 0.25) is 0 Å². The van der Waals surface area contributed by atoms with E-state index in [2.05, 4.69) is 12.2 Å². The fourth-order valence-electron chi connectivity index (χ4n) is 4.83. The lowest BCUT2D eigenvalue weighted by atomic mass is 9.79. The van der Waals surface area contributed by atoms with E-state index in [4.69, 9.17) is 0 Å². The van der Waals surface area contributed by atoms with Crippen molar-refractivity contribution >= 4 is 11.8 Å². The van der Waals surface area contributed by atoms with Crippen LogP contribution in [0.15, 0.2) is 30.3 Å². The van der Waals surface area contributed by atoms with Gasteiger partial charge in [0.05, 0.1) is 17.7 Å². The Labute approximate surface area is 174 Å². The number of benzene rings is 1. The average Bonchev–Trinajstić information content (AvgIpc) is 3.25. The Morgan fingerprint density at radius 2 is 1.86 bits per heavy atom. The molecule has 1 aromatic carbocycles. The van der Waals surface area contributed by atoms with Crippen LogP contribution in [0.25, 0.3) is 0 Å². The van der Waals surface area contributed by atoms with Gasteiger partial charge in [0.2, 0.25) is 11.8 Å². The van der Waals surface area contributed by atoms with Crippen LogP contribution < -0.4 is 5.32 Å². The minimum absolute atomic E-state index is 0.0222. The molecule has 3 atom stereocenters. The third kappa shape index (κ3) is 5.19. The molecule has 2 aliphatic rings. The van der Waals surface area contributed by atoms with Crippen molar-refractivity contribution in [1.82, 2.24) is 10.2 Å². The van der Waals surface area contributed by atoms with Crippen LogP contribution in [0.3, 0.4) is 0 Å². The standard InChI is InChI=1S/C24H36N2O3/c1-3-4-6-15-20(27)26-17-16-24(2,29)22(21(26)18-11-7-5-8-12-18)25-23(28)19-13-9-10-14-19/h5,7-8,11-12,19,21-22,29H,3-4,6,9-10,13-17H2,1-2H3,(H,25,28)/t21-,22-,24+/m0/s1. The molecule has 5 heteroatoms. The summed E-state index contributed by atoms with van der Waals surface area (Å²) in [4.78, 5) is 27.9. The van der Waals surface area contributed by atoms with Crippen molar-refractivity contribution in [3.05, 3.63) is 35.9 Å². The first-order chi connectivity index (χ1) is 13.9. The lowest BCUT2D eigenvalue weighted by Gasteiger charge is -2.49. The van der Waals surface area contributed by atoms with E-state index in [1.54, 1.807) is 6.92 Å². The van der Waals surface area contributed by atoms with Crippen molar-refractivity contribution in [2.24, 2.45) is 5.92 Å². The van der Waals surface area contributed by atoms with Gasteiger partial charge in [-0.1, -0.05) is 62.9 Å². The number of nitrogens with zero attached hydrogens (tertiary/aromatic N) is 1. The van der Waals surface area contributed by atoms with Gasteiger partial charge in [0.1, 0.15) is 0 Å². The highest BCUT2D eigenvalue weighted by molar-refractivity contribution is 5.80. The summed E-state index contributed by atoms with van der Waals surface area (Å²) in [5.74, 6) is 0.162. The molecule has 1 heterocycles. The second-order valence-corrected chi connectivity index (χ2v) is 8.97. The van der Waals surface area contributed by atoms with Crippen LogP contribution in [0.4, 0.5) is 0 Å². The maximum Gasteiger partial charge on any atom is 0.223 e. The first-order valence-electron chi connectivity index (χ1n) is 11.3. The Hall–Kier alpha value is -1.88. The third-order valence-electron chi connectivity index (χ3n) is 6.66. The summed E-state index contributed by atoms with van der Waals surface area (Å²) >= 11 is 0. The first kappa shape index (κ1) is 21.8. The molecule has 2 fully saturated rings. The minimum Gasteiger partial charge on any atom is -0.388 e. The van der Waals surface area contributed by atoms with E-state index in [0.717, 1.165) is 50.5 Å². The van der Waals surface area contributed by atoms with E-state index in [9.17, 15) is 14.7 Å². The van der Waals surface area contributed by atoms with Gasteiger partial charge in [-0.2, -0.15) is 0 Å². The van der Waals surface area contributed by atoms with E-state index in [0.29, 0.717) is 19.4 Å². The summed E-state index contributed by atoms with van der Waals surface area (Å²) in [6, 6.07) is 8.98. The van der Waals surface area contributed by atoms with Gasteiger partial charge in [0.25, 0.3) is 0 Å². The van der Waals surface area contributed by atoms with Gasteiger partial charge >= 0.3 is 0 Å². The fraction of sp³-hybridized carbons (Fsp3) is 0.667. The molecule has 0 unspecified atom stereocenters. The Bertz CT molecular complexity index is 683. The number of hydrogen-bond acceptors (Lipinski definition) is 3. The van der Waals surface area contributed by atoms with Crippen LogP contribution >= 0.6 is 0 Å². The molecule has 0 spiro atoms. The van der Waals surface area contributed by atoms with Gasteiger partial charge in [-0.3, -0.25) is 9.59 Å². The third-order valence-corrected chi connectivity index (χ3v) is 6.66. The van der Waals surface area contributed by atoms with Gasteiger partial charge in [-0.15, -0.1) is 0 Å². The maximum atomic E-state index is 13.1. The molecular weight excluding hydrogens is 364 g/mol. The zero-order chi connectivity index (χ0) is 20.9. The summed E-state index contributed by atoms with van der Waals surface area (Å²) in [6.07, 6.45) is 7.97. The van der Waals surface area contributed by atoms with Crippen LogP contribution in [0, 0.1) is 5.92 Å². The lowest BCUT2D eigenvalue weighted by molar-refractivity contribution is -0.147. The van der Waals surface area contributed by atoms with Gasteiger partial charge in [0, 0.05) is 18.9 Å². The van der Waals surface area contributed by atoms with Gasteiger partial charge in [-0.25, -0.2) is 0 Å². The quantitative estimate of drug-likeness (QED) is 0.681. The van der Waals surface area contributed by atoms with Gasteiger partial charge < -0.3 is 15.3 Å². The highest BCUT2D eigenvalue weighted by Gasteiger charge is 2.48. The summed E-state index contributed by atoms with van der Waals surface area (Å²) in [5, 5.41) is 14.4. The second-order valence-electron chi connectivity index (χ2n) is 8.97. The van der Waals surface area contributed by atoms with E-state index in [1.165, 1.54) is 0 Å². The van der Waals surface area contributed by atoms with Crippen molar-refractivity contribution in [2.75, 3.05) is 6.54 Å². The minimum atomic E-state index is -1.06. The molecule has 29 heavy (non-hydrogen) atoms. The van der Waals surface area contributed by atoms with Crippen LogP contribution in [-0.4, -0.2) is 40.0 Å². The van der Waals surface area contributed by atoms with E-state index < -0.39 is 11.6 Å². The molecule has 0 radical (unpaired) electrons. The lowest BCUT2D eigenvalue weighted by Crippen LogP contribution is -2.63. The molecule has 3 rings (SSSR count). The smallest absolute Gasteiger partial charge is 0.223 e. The fourth-order valence-corrected chi connectivity index (χ4v) is 4.83. The van der Waals surface area contributed by atoms with Crippen molar-refractivity contribution in [3.8, 4) is 0 Å². The van der Waals surface area contributed by atoms with E-state index in [-0.39, 0.29) is 23.8 Å². The number of carbonyl (C=O) groups is 2. The molecule has 5 nitrogen and oxygen atoms in total. The number of nitrogens with one attached hydrogen (secondary N) is 1. The van der Waals surface area contributed by atoms with Crippen LogP contribution in [-0.2, 0) is 9.59 Å². The topological polar surface area (TPSA) is 69.6 Å². The molecule has 0 aromatic heterocycles. The Morgan fingerprint density at radius 3 is 2.52 bits per heavy atom. The van der Waals surface area contributed by atoms with Gasteiger partial charge in [0.15, 0.2) is 0 Å². The Morgan fingerprint density at radius 1 is 1.17 bits per heavy atom. The molecule has 1 saturated carbocycles. The summed E-state index contributed by atoms with van der Waals surface area (Å²) in [7, 11) is 0. The zero-order valence-corrected chi connectivity index (χ0v) is 17.9. The molecule has 2 N–H and O–H groups in total. The molecule has 1 aliphatic carbocycles. The van der Waals surface area contributed by atoms with Crippen molar-refractivity contribution < 1.29 is 14.7 Å². The number of likely N-dealkylation sites (tertiary alicyclic amines) is 1. The number of aliphatic hydroxyl groups is 1.